The molecule has 6 nitrogen and oxygen atoms in total. The number of hydrogen-bond acceptors (Lipinski definition) is 5. The van der Waals surface area contributed by atoms with E-state index in [-0.39, 0.29) is 12.0 Å². The fraction of sp³-hybridized carbons (Fsp3) is 0.419. The molecule has 0 spiro atoms. The van der Waals surface area contributed by atoms with Crippen molar-refractivity contribution in [3.63, 3.8) is 0 Å². The molecule has 0 saturated carbocycles. The summed E-state index contributed by atoms with van der Waals surface area (Å²) >= 11 is 0. The fourth-order valence-corrected chi connectivity index (χ4v) is 5.16. The van der Waals surface area contributed by atoms with Gasteiger partial charge in [-0.1, -0.05) is 54.6 Å². The van der Waals surface area contributed by atoms with Crippen LogP contribution in [0.5, 0.6) is 0 Å². The summed E-state index contributed by atoms with van der Waals surface area (Å²) in [5.41, 5.74) is 11.9. The topological polar surface area (TPSA) is 88.7 Å². The van der Waals surface area contributed by atoms with E-state index in [1.165, 1.54) is 11.1 Å². The number of rotatable bonds is 6. The molecule has 37 heavy (non-hydrogen) atoms. The highest BCUT2D eigenvalue weighted by molar-refractivity contribution is 5.70. The molecular formula is C31H39N3O3. The zero-order valence-electron chi connectivity index (χ0n) is 22.4. The number of carbonyl (C=O) groups is 1. The Bertz CT molecular complexity index is 1220. The Morgan fingerprint density at radius 1 is 1.14 bits per heavy atom. The van der Waals surface area contributed by atoms with Crippen molar-refractivity contribution in [3.8, 4) is 11.3 Å². The summed E-state index contributed by atoms with van der Waals surface area (Å²) in [5, 5.41) is 10.6. The van der Waals surface area contributed by atoms with Gasteiger partial charge in [-0.2, -0.15) is 0 Å². The van der Waals surface area contributed by atoms with Crippen LogP contribution in [-0.2, 0) is 17.6 Å². The van der Waals surface area contributed by atoms with Gasteiger partial charge in [0.05, 0.1) is 11.8 Å². The molecule has 3 N–H and O–H groups in total. The van der Waals surface area contributed by atoms with Gasteiger partial charge in [0.25, 0.3) is 0 Å². The molecule has 4 rings (SSSR count). The minimum absolute atomic E-state index is 0.0337. The molecule has 1 aromatic heterocycles. The molecule has 1 aliphatic heterocycles. The predicted octanol–water partition coefficient (Wildman–Crippen LogP) is 6.28. The lowest BCUT2D eigenvalue weighted by molar-refractivity contribution is 0.0197. The van der Waals surface area contributed by atoms with E-state index < -0.39 is 11.7 Å². The Kier molecular flexibility index (Phi) is 8.18. The highest BCUT2D eigenvalue weighted by atomic mass is 16.6. The van der Waals surface area contributed by atoms with E-state index in [2.05, 4.69) is 48.5 Å². The van der Waals surface area contributed by atoms with Gasteiger partial charge in [0, 0.05) is 30.1 Å². The zero-order chi connectivity index (χ0) is 26.6. The molecule has 0 bridgehead atoms. The van der Waals surface area contributed by atoms with Crippen molar-refractivity contribution in [2.45, 2.75) is 71.0 Å². The summed E-state index contributed by atoms with van der Waals surface area (Å²) in [4.78, 5) is 19.3. The number of pyridine rings is 1. The Morgan fingerprint density at radius 3 is 2.54 bits per heavy atom. The largest absolute Gasteiger partial charge is 0.444 e. The first-order valence-corrected chi connectivity index (χ1v) is 13.2. The molecule has 1 fully saturated rings. The van der Waals surface area contributed by atoms with E-state index in [1.54, 1.807) is 11.8 Å². The molecule has 2 heterocycles. The number of hydrogen-bond donors (Lipinski definition) is 2. The van der Waals surface area contributed by atoms with Crippen LogP contribution in [0.1, 0.15) is 74.8 Å². The van der Waals surface area contributed by atoms with Gasteiger partial charge in [0.1, 0.15) is 11.4 Å². The summed E-state index contributed by atoms with van der Waals surface area (Å²) in [6, 6.07) is 20.8. The third kappa shape index (κ3) is 6.69. The van der Waals surface area contributed by atoms with E-state index in [4.69, 9.17) is 15.5 Å². The maximum Gasteiger partial charge on any atom is 0.410 e. The Hall–Kier alpha value is -3.38. The van der Waals surface area contributed by atoms with Crippen LogP contribution in [-0.4, -0.2) is 39.8 Å². The SMILES string of the molecule is CC(O)c1c(C2CCCN(C(=O)OC(C)(C)C)C2)cc(-c2ccccc2CCc2ccccc2)nc1N. The van der Waals surface area contributed by atoms with Crippen molar-refractivity contribution in [2.75, 3.05) is 18.8 Å². The fourth-order valence-electron chi connectivity index (χ4n) is 5.16. The second-order valence-corrected chi connectivity index (χ2v) is 11.0. The van der Waals surface area contributed by atoms with Crippen molar-refractivity contribution in [1.29, 1.82) is 0 Å². The number of nitrogens with zero attached hydrogens (tertiary/aromatic N) is 2. The van der Waals surface area contributed by atoms with Gasteiger partial charge in [0.15, 0.2) is 0 Å². The quantitative estimate of drug-likeness (QED) is 0.415. The number of anilines is 1. The maximum atomic E-state index is 12.8. The lowest BCUT2D eigenvalue weighted by Gasteiger charge is -2.35. The number of carbonyl (C=O) groups excluding carboxylic acids is 1. The van der Waals surface area contributed by atoms with Gasteiger partial charge in [0.2, 0.25) is 0 Å². The van der Waals surface area contributed by atoms with Crippen LogP contribution in [0.3, 0.4) is 0 Å². The lowest BCUT2D eigenvalue weighted by atomic mass is 9.85. The number of aliphatic hydroxyl groups excluding tert-OH is 1. The van der Waals surface area contributed by atoms with Gasteiger partial charge in [-0.3, -0.25) is 0 Å². The van der Waals surface area contributed by atoms with Crippen molar-refractivity contribution < 1.29 is 14.6 Å². The summed E-state index contributed by atoms with van der Waals surface area (Å²) in [7, 11) is 0. The molecule has 1 saturated heterocycles. The minimum atomic E-state index is -0.762. The van der Waals surface area contributed by atoms with E-state index in [0.717, 1.165) is 42.5 Å². The molecule has 6 heteroatoms. The molecule has 196 valence electrons. The number of piperidine rings is 1. The van der Waals surface area contributed by atoms with Crippen molar-refractivity contribution in [1.82, 2.24) is 9.88 Å². The summed E-state index contributed by atoms with van der Waals surface area (Å²) in [6.07, 6.45) is 2.50. The van der Waals surface area contributed by atoms with Crippen LogP contribution in [0.25, 0.3) is 11.3 Å². The molecule has 0 radical (unpaired) electrons. The first-order valence-electron chi connectivity index (χ1n) is 13.2. The molecule has 0 aliphatic carbocycles. The highest BCUT2D eigenvalue weighted by Crippen LogP contribution is 2.38. The zero-order valence-corrected chi connectivity index (χ0v) is 22.4. The van der Waals surface area contributed by atoms with Crippen LogP contribution in [0, 0.1) is 0 Å². The normalized spacial score (nSPS) is 16.9. The summed E-state index contributed by atoms with van der Waals surface area (Å²) < 4.78 is 5.64. The number of nitrogen functional groups attached to an aromatic ring is 1. The molecule has 2 atom stereocenters. The maximum absolute atomic E-state index is 12.8. The summed E-state index contributed by atoms with van der Waals surface area (Å²) in [5.74, 6) is 0.376. The number of likely N-dealkylation sites (tertiary alicyclic amines) is 1. The number of aryl methyl sites for hydroxylation is 2. The number of benzene rings is 2. The second kappa shape index (κ2) is 11.3. The first kappa shape index (κ1) is 26.7. The number of nitrogens with two attached hydrogens (primary N) is 1. The van der Waals surface area contributed by atoms with Gasteiger partial charge in [-0.25, -0.2) is 9.78 Å². The number of ether oxygens (including phenoxy) is 1. The van der Waals surface area contributed by atoms with Crippen LogP contribution in [0.2, 0.25) is 0 Å². The Morgan fingerprint density at radius 2 is 1.84 bits per heavy atom. The Balaban J connectivity index is 1.67. The van der Waals surface area contributed by atoms with E-state index >= 15 is 0 Å². The van der Waals surface area contributed by atoms with E-state index in [0.29, 0.717) is 24.5 Å². The van der Waals surface area contributed by atoms with Crippen molar-refractivity contribution >= 4 is 11.9 Å². The average molecular weight is 502 g/mol. The molecule has 3 aromatic rings. The molecule has 1 aliphatic rings. The monoisotopic (exact) mass is 501 g/mol. The van der Waals surface area contributed by atoms with E-state index in [1.807, 2.05) is 32.9 Å². The molecule has 2 aromatic carbocycles. The van der Waals surface area contributed by atoms with Crippen molar-refractivity contribution in [3.05, 3.63) is 82.9 Å². The first-order chi connectivity index (χ1) is 17.6. The number of amides is 1. The van der Waals surface area contributed by atoms with Crippen molar-refractivity contribution in [2.24, 2.45) is 0 Å². The number of aliphatic hydroxyl groups is 1. The Labute approximate surface area is 220 Å². The van der Waals surface area contributed by atoms with Gasteiger partial charge in [-0.15, -0.1) is 0 Å². The van der Waals surface area contributed by atoms with E-state index in [9.17, 15) is 9.90 Å². The molecule has 2 unspecified atom stereocenters. The average Bonchev–Trinajstić information content (AvgIpc) is 2.86. The van der Waals surface area contributed by atoms with Crippen LogP contribution >= 0.6 is 0 Å². The minimum Gasteiger partial charge on any atom is -0.444 e. The van der Waals surface area contributed by atoms with Gasteiger partial charge in [-0.05, 0) is 76.1 Å². The third-order valence-corrected chi connectivity index (χ3v) is 6.87. The summed E-state index contributed by atoms with van der Waals surface area (Å²) in [6.45, 7) is 8.53. The molecule has 1 amide bonds. The number of aromatic nitrogens is 1. The van der Waals surface area contributed by atoms with Crippen LogP contribution in [0.4, 0.5) is 10.6 Å². The highest BCUT2D eigenvalue weighted by Gasteiger charge is 2.31. The third-order valence-electron chi connectivity index (χ3n) is 6.87. The predicted molar refractivity (Wildman–Crippen MR) is 148 cm³/mol. The van der Waals surface area contributed by atoms with Gasteiger partial charge < -0.3 is 20.5 Å². The van der Waals surface area contributed by atoms with Gasteiger partial charge >= 0.3 is 6.09 Å². The standard InChI is InChI=1S/C31H39N3O3/c1-21(35)28-26(24-14-10-18-34(20-24)30(36)37-31(2,3)4)19-27(33-29(28)32)25-15-9-8-13-23(25)17-16-22-11-6-5-7-12-22/h5-9,11-13,15,19,21,24,35H,10,14,16-18,20H2,1-4H3,(H2,32,33). The smallest absolute Gasteiger partial charge is 0.410 e. The van der Waals surface area contributed by atoms with Crippen LogP contribution in [0.15, 0.2) is 60.7 Å². The molecular weight excluding hydrogens is 462 g/mol. The van der Waals surface area contributed by atoms with Crippen LogP contribution < -0.4 is 5.73 Å². The lowest BCUT2D eigenvalue weighted by Crippen LogP contribution is -2.42. The second-order valence-electron chi connectivity index (χ2n) is 11.0.